The van der Waals surface area contributed by atoms with Gasteiger partial charge in [0, 0.05) is 17.4 Å². The van der Waals surface area contributed by atoms with E-state index in [2.05, 4.69) is 0 Å². The monoisotopic (exact) mass is 344 g/mol. The van der Waals surface area contributed by atoms with Gasteiger partial charge in [0.25, 0.3) is 6.43 Å². The number of alkyl halides is 2. The number of benzene rings is 1. The number of fused-ring (bicyclic) bond motifs is 1. The fourth-order valence-corrected chi connectivity index (χ4v) is 4.67. The normalized spacial score (nSPS) is 29.0. The molecule has 1 fully saturated rings. The maximum absolute atomic E-state index is 13.0. The molecule has 25 heavy (non-hydrogen) atoms. The molecule has 1 aliphatic carbocycles. The summed E-state index contributed by atoms with van der Waals surface area (Å²) in [6.45, 7) is 4.41. The van der Waals surface area contributed by atoms with Gasteiger partial charge in [-0.05, 0) is 24.4 Å². The summed E-state index contributed by atoms with van der Waals surface area (Å²) < 4.78 is 25.9. The van der Waals surface area contributed by atoms with E-state index >= 15 is 0 Å². The summed E-state index contributed by atoms with van der Waals surface area (Å²) in [6.07, 6.45) is -0.00430. The number of hydrogen-bond donors (Lipinski definition) is 0. The molecule has 2 aliphatic rings. The highest BCUT2D eigenvalue weighted by Crippen LogP contribution is 2.53. The zero-order valence-electron chi connectivity index (χ0n) is 14.5. The number of hydrogen-bond acceptors (Lipinski definition) is 3. The molecule has 5 heteroatoms. The van der Waals surface area contributed by atoms with Crippen molar-refractivity contribution in [3.8, 4) is 6.07 Å². The molecule has 1 aromatic rings. The third-order valence-corrected chi connectivity index (χ3v) is 5.77. The summed E-state index contributed by atoms with van der Waals surface area (Å²) in [5.74, 6) is -0.171. The second-order valence-corrected chi connectivity index (χ2v) is 7.59. The third kappa shape index (κ3) is 2.89. The average molecular weight is 344 g/mol. The summed E-state index contributed by atoms with van der Waals surface area (Å²) >= 11 is 0. The predicted molar refractivity (Wildman–Crippen MR) is 91.2 cm³/mol. The molecule has 3 rings (SSSR count). The van der Waals surface area contributed by atoms with Crippen molar-refractivity contribution in [1.29, 1.82) is 5.26 Å². The van der Waals surface area contributed by atoms with Gasteiger partial charge in [-0.15, -0.1) is 0 Å². The lowest BCUT2D eigenvalue weighted by molar-refractivity contribution is -0.130. The van der Waals surface area contributed by atoms with Crippen molar-refractivity contribution in [3.63, 3.8) is 0 Å². The van der Waals surface area contributed by atoms with Gasteiger partial charge in [-0.1, -0.05) is 50.3 Å². The number of nitrogens with zero attached hydrogens (tertiary/aromatic N) is 2. The molecule has 132 valence electrons. The number of allylic oxidation sites excluding steroid dienone is 1. The Hall–Kier alpha value is -2.06. The maximum atomic E-state index is 13.0. The van der Waals surface area contributed by atoms with Crippen molar-refractivity contribution >= 4 is 5.78 Å². The van der Waals surface area contributed by atoms with Gasteiger partial charge in [0.1, 0.15) is 6.07 Å². The first-order valence-corrected chi connectivity index (χ1v) is 8.55. The molecular weight excluding hydrogens is 322 g/mol. The largest absolute Gasteiger partial charge is 0.297 e. The lowest BCUT2D eigenvalue weighted by atomic mass is 9.52. The second-order valence-electron chi connectivity index (χ2n) is 7.59. The van der Waals surface area contributed by atoms with Crippen LogP contribution in [0.3, 0.4) is 0 Å². The summed E-state index contributed by atoms with van der Waals surface area (Å²) in [6, 6.07) is 11.7. The number of likely N-dealkylation sites (tertiary alicyclic amines) is 1. The lowest BCUT2D eigenvalue weighted by Crippen LogP contribution is -2.59. The van der Waals surface area contributed by atoms with Crippen molar-refractivity contribution in [3.05, 3.63) is 47.5 Å². The first-order chi connectivity index (χ1) is 11.8. The standard InChI is InChI=1S/C20H22F2N2O/c1-19(2)16-8-9-24(12-17(21)22)13-20(16,10-14(11-23)18(19)25)15-6-4-3-5-7-15/h3-7,10,16-17H,8-9,12-13H2,1-2H3. The van der Waals surface area contributed by atoms with E-state index in [1.807, 2.05) is 50.2 Å². The Morgan fingerprint density at radius 1 is 1.32 bits per heavy atom. The Bertz CT molecular complexity index is 736. The number of nitriles is 1. The summed E-state index contributed by atoms with van der Waals surface area (Å²) in [7, 11) is 0. The molecule has 0 amide bonds. The number of Topliss-reactive ketones (excluding diaryl/α,β-unsaturated/α-hetero) is 1. The fourth-order valence-electron chi connectivity index (χ4n) is 4.67. The molecule has 3 nitrogen and oxygen atoms in total. The fraction of sp³-hybridized carbons (Fsp3) is 0.500. The number of rotatable bonds is 3. The van der Waals surface area contributed by atoms with E-state index in [0.717, 1.165) is 5.56 Å². The van der Waals surface area contributed by atoms with E-state index in [1.54, 1.807) is 11.0 Å². The molecule has 1 aromatic carbocycles. The molecule has 0 saturated carbocycles. The van der Waals surface area contributed by atoms with Gasteiger partial charge >= 0.3 is 0 Å². The van der Waals surface area contributed by atoms with E-state index < -0.39 is 17.3 Å². The van der Waals surface area contributed by atoms with Gasteiger partial charge < -0.3 is 0 Å². The SMILES string of the molecule is CC1(C)C(=O)C(C#N)=CC2(c3ccccc3)CN(CC(F)F)CCC12. The maximum Gasteiger partial charge on any atom is 0.251 e. The third-order valence-electron chi connectivity index (χ3n) is 5.77. The van der Waals surface area contributed by atoms with Gasteiger partial charge in [0.2, 0.25) is 0 Å². The van der Waals surface area contributed by atoms with Crippen molar-refractivity contribution in [2.75, 3.05) is 19.6 Å². The number of ketones is 1. The van der Waals surface area contributed by atoms with Gasteiger partial charge in [0.05, 0.1) is 12.1 Å². The topological polar surface area (TPSA) is 44.1 Å². The quantitative estimate of drug-likeness (QED) is 0.842. The summed E-state index contributed by atoms with van der Waals surface area (Å²) in [4.78, 5) is 14.5. The van der Waals surface area contributed by atoms with Crippen LogP contribution in [0.4, 0.5) is 8.78 Å². The Balaban J connectivity index is 2.17. The molecule has 1 saturated heterocycles. The van der Waals surface area contributed by atoms with Crippen LogP contribution in [0.25, 0.3) is 0 Å². The predicted octanol–water partition coefficient (Wildman–Crippen LogP) is 3.57. The number of halogens is 2. The van der Waals surface area contributed by atoms with Crippen LogP contribution in [0.1, 0.15) is 25.8 Å². The highest BCUT2D eigenvalue weighted by Gasteiger charge is 2.56. The molecule has 0 bridgehead atoms. The molecule has 0 N–H and O–H groups in total. The number of carbonyl (C=O) groups is 1. The van der Waals surface area contributed by atoms with Crippen LogP contribution in [0.15, 0.2) is 42.0 Å². The summed E-state index contributed by atoms with van der Waals surface area (Å²) in [5.41, 5.74) is -0.181. The Kier molecular flexibility index (Phi) is 4.51. The van der Waals surface area contributed by atoms with Crippen molar-refractivity contribution < 1.29 is 13.6 Å². The van der Waals surface area contributed by atoms with Crippen LogP contribution in [-0.4, -0.2) is 36.7 Å². The highest BCUT2D eigenvalue weighted by molar-refractivity contribution is 6.04. The number of carbonyl (C=O) groups excluding carboxylic acids is 1. The molecule has 2 unspecified atom stereocenters. The minimum absolute atomic E-state index is 0.0269. The van der Waals surface area contributed by atoms with Gasteiger partial charge in [-0.3, -0.25) is 9.69 Å². The van der Waals surface area contributed by atoms with Gasteiger partial charge in [-0.25, -0.2) is 8.78 Å². The Morgan fingerprint density at radius 3 is 2.60 bits per heavy atom. The molecular formula is C20H22F2N2O. The van der Waals surface area contributed by atoms with E-state index in [4.69, 9.17) is 0 Å². The Labute approximate surface area is 146 Å². The van der Waals surface area contributed by atoms with E-state index in [0.29, 0.717) is 19.5 Å². The molecule has 0 aromatic heterocycles. The molecule has 0 radical (unpaired) electrons. The van der Waals surface area contributed by atoms with E-state index in [1.165, 1.54) is 0 Å². The second kappa shape index (κ2) is 6.34. The lowest BCUT2D eigenvalue weighted by Gasteiger charge is -2.54. The molecule has 1 aliphatic heterocycles. The zero-order chi connectivity index (χ0) is 18.2. The van der Waals surface area contributed by atoms with E-state index in [-0.39, 0.29) is 23.8 Å². The van der Waals surface area contributed by atoms with Crippen molar-refractivity contribution in [1.82, 2.24) is 4.90 Å². The highest BCUT2D eigenvalue weighted by atomic mass is 19.3. The average Bonchev–Trinajstić information content (AvgIpc) is 2.58. The minimum atomic E-state index is -2.40. The van der Waals surface area contributed by atoms with Crippen LogP contribution in [0.5, 0.6) is 0 Å². The summed E-state index contributed by atoms with van der Waals surface area (Å²) in [5, 5.41) is 9.48. The Morgan fingerprint density at radius 2 is 2.00 bits per heavy atom. The zero-order valence-corrected chi connectivity index (χ0v) is 14.5. The van der Waals surface area contributed by atoms with Crippen molar-refractivity contribution in [2.45, 2.75) is 32.1 Å². The van der Waals surface area contributed by atoms with Crippen molar-refractivity contribution in [2.24, 2.45) is 11.3 Å². The van der Waals surface area contributed by atoms with Crippen LogP contribution >= 0.6 is 0 Å². The first-order valence-electron chi connectivity index (χ1n) is 8.55. The van der Waals surface area contributed by atoms with Crippen LogP contribution in [0, 0.1) is 22.7 Å². The van der Waals surface area contributed by atoms with Gasteiger partial charge in [-0.2, -0.15) is 5.26 Å². The molecule has 0 spiro atoms. The minimum Gasteiger partial charge on any atom is -0.297 e. The first kappa shape index (κ1) is 17.8. The van der Waals surface area contributed by atoms with Gasteiger partial charge in [0.15, 0.2) is 5.78 Å². The molecule has 1 heterocycles. The molecule has 2 atom stereocenters. The smallest absolute Gasteiger partial charge is 0.251 e. The van der Waals surface area contributed by atoms with Crippen LogP contribution < -0.4 is 0 Å². The van der Waals surface area contributed by atoms with Crippen LogP contribution in [-0.2, 0) is 10.2 Å². The van der Waals surface area contributed by atoms with E-state index in [9.17, 15) is 18.8 Å². The number of piperidine rings is 1. The van der Waals surface area contributed by atoms with Crippen LogP contribution in [0.2, 0.25) is 0 Å².